The zero-order valence-electron chi connectivity index (χ0n) is 15.6. The van der Waals surface area contributed by atoms with Gasteiger partial charge in [0.1, 0.15) is 10.8 Å². The molecule has 8 heteroatoms. The van der Waals surface area contributed by atoms with Gasteiger partial charge in [0, 0.05) is 22.0 Å². The molecular formula is C20H21ClN2O3S2. The lowest BCUT2D eigenvalue weighted by atomic mass is 10.2. The van der Waals surface area contributed by atoms with E-state index < -0.39 is 10.0 Å². The van der Waals surface area contributed by atoms with Gasteiger partial charge >= 0.3 is 0 Å². The SMILES string of the molecule is CCOc1ccc(S(=O)(=O)NCCc2sc(-c3ccc(Cl)cc3)nc2C)cc1. The van der Waals surface area contributed by atoms with Crippen LogP contribution < -0.4 is 9.46 Å². The quantitative estimate of drug-likeness (QED) is 0.556. The summed E-state index contributed by atoms with van der Waals surface area (Å²) in [6.45, 7) is 4.66. The van der Waals surface area contributed by atoms with Gasteiger partial charge in [-0.3, -0.25) is 0 Å². The molecule has 0 saturated heterocycles. The summed E-state index contributed by atoms with van der Waals surface area (Å²) in [6, 6.07) is 13.9. The number of nitrogens with zero attached hydrogens (tertiary/aromatic N) is 1. The zero-order chi connectivity index (χ0) is 20.1. The van der Waals surface area contributed by atoms with Crippen molar-refractivity contribution in [1.82, 2.24) is 9.71 Å². The first kappa shape index (κ1) is 20.8. The Morgan fingerprint density at radius 3 is 2.43 bits per heavy atom. The van der Waals surface area contributed by atoms with Gasteiger partial charge in [-0.05, 0) is 56.7 Å². The van der Waals surface area contributed by atoms with E-state index in [9.17, 15) is 8.42 Å². The highest BCUT2D eigenvalue weighted by Gasteiger charge is 2.15. The van der Waals surface area contributed by atoms with E-state index in [1.165, 1.54) is 0 Å². The number of halogens is 1. The standard InChI is InChI=1S/C20H21ClN2O3S2/c1-3-26-17-8-10-18(11-9-17)28(24,25)22-13-12-19-14(2)23-20(27-19)15-4-6-16(21)7-5-15/h4-11,22H,3,12-13H2,1-2H3. The van der Waals surface area contributed by atoms with Crippen molar-refractivity contribution < 1.29 is 13.2 Å². The second kappa shape index (κ2) is 9.05. The van der Waals surface area contributed by atoms with E-state index in [0.29, 0.717) is 30.3 Å². The first-order chi connectivity index (χ1) is 13.4. The molecule has 3 rings (SSSR count). The van der Waals surface area contributed by atoms with Crippen LogP contribution in [0.4, 0.5) is 0 Å². The Kier molecular flexibility index (Phi) is 6.72. The van der Waals surface area contributed by atoms with Crippen LogP contribution in [0.2, 0.25) is 5.02 Å². The van der Waals surface area contributed by atoms with Crippen molar-refractivity contribution in [3.8, 4) is 16.3 Å². The number of thiazole rings is 1. The van der Waals surface area contributed by atoms with Gasteiger partial charge in [-0.1, -0.05) is 23.7 Å². The van der Waals surface area contributed by atoms with Gasteiger partial charge in [0.05, 0.1) is 17.2 Å². The van der Waals surface area contributed by atoms with Crippen LogP contribution in [0, 0.1) is 6.92 Å². The third-order valence-corrected chi connectivity index (χ3v) is 7.07. The van der Waals surface area contributed by atoms with Crippen LogP contribution in [0.15, 0.2) is 53.4 Å². The van der Waals surface area contributed by atoms with Gasteiger partial charge in [0.2, 0.25) is 10.0 Å². The first-order valence-corrected chi connectivity index (χ1v) is 11.5. The Morgan fingerprint density at radius 1 is 1.11 bits per heavy atom. The maximum absolute atomic E-state index is 12.5. The van der Waals surface area contributed by atoms with Crippen molar-refractivity contribution in [1.29, 1.82) is 0 Å². The summed E-state index contributed by atoms with van der Waals surface area (Å²) in [5.41, 5.74) is 1.91. The smallest absolute Gasteiger partial charge is 0.240 e. The predicted octanol–water partition coefficient (Wildman–Crippen LogP) is 4.69. The first-order valence-electron chi connectivity index (χ1n) is 8.84. The molecule has 1 N–H and O–H groups in total. The topological polar surface area (TPSA) is 68.3 Å². The highest BCUT2D eigenvalue weighted by molar-refractivity contribution is 7.89. The Hall–Kier alpha value is -1.93. The second-order valence-electron chi connectivity index (χ2n) is 6.09. The van der Waals surface area contributed by atoms with Crippen LogP contribution in [0.1, 0.15) is 17.5 Å². The van der Waals surface area contributed by atoms with Crippen LogP contribution in [0.5, 0.6) is 5.75 Å². The summed E-state index contributed by atoms with van der Waals surface area (Å²) >= 11 is 7.50. The van der Waals surface area contributed by atoms with E-state index in [-0.39, 0.29) is 4.90 Å². The molecule has 5 nitrogen and oxygen atoms in total. The maximum atomic E-state index is 12.5. The van der Waals surface area contributed by atoms with Crippen LogP contribution >= 0.6 is 22.9 Å². The minimum atomic E-state index is -3.56. The summed E-state index contributed by atoms with van der Waals surface area (Å²) in [7, 11) is -3.56. The van der Waals surface area contributed by atoms with E-state index in [0.717, 1.165) is 21.1 Å². The number of aromatic nitrogens is 1. The third kappa shape index (κ3) is 5.11. The zero-order valence-corrected chi connectivity index (χ0v) is 18.0. The van der Waals surface area contributed by atoms with Crippen molar-refractivity contribution in [3.05, 3.63) is 64.1 Å². The van der Waals surface area contributed by atoms with E-state index >= 15 is 0 Å². The van der Waals surface area contributed by atoms with Gasteiger partial charge in [-0.2, -0.15) is 0 Å². The Labute approximate surface area is 174 Å². The molecule has 0 aliphatic carbocycles. The molecule has 0 amide bonds. The van der Waals surface area contributed by atoms with Crippen LogP contribution in [0.25, 0.3) is 10.6 Å². The number of nitrogens with one attached hydrogen (secondary N) is 1. The van der Waals surface area contributed by atoms with E-state index in [1.807, 2.05) is 38.1 Å². The van der Waals surface area contributed by atoms with Crippen LogP contribution in [-0.4, -0.2) is 26.6 Å². The van der Waals surface area contributed by atoms with E-state index in [1.54, 1.807) is 35.6 Å². The normalized spacial score (nSPS) is 11.5. The molecule has 3 aromatic rings. The number of ether oxygens (including phenoxy) is 1. The van der Waals surface area contributed by atoms with Gasteiger partial charge < -0.3 is 4.74 Å². The molecule has 0 spiro atoms. The largest absolute Gasteiger partial charge is 0.494 e. The lowest BCUT2D eigenvalue weighted by Gasteiger charge is -2.08. The number of rotatable bonds is 8. The fourth-order valence-corrected chi connectivity index (χ4v) is 4.87. The minimum absolute atomic E-state index is 0.221. The van der Waals surface area contributed by atoms with Gasteiger partial charge in [0.25, 0.3) is 0 Å². The molecular weight excluding hydrogens is 416 g/mol. The molecule has 0 aliphatic rings. The summed E-state index contributed by atoms with van der Waals surface area (Å²) in [6.07, 6.45) is 0.577. The van der Waals surface area contributed by atoms with Crippen molar-refractivity contribution in [2.24, 2.45) is 0 Å². The average molecular weight is 437 g/mol. The molecule has 0 radical (unpaired) electrons. The lowest BCUT2D eigenvalue weighted by Crippen LogP contribution is -2.25. The summed E-state index contributed by atoms with van der Waals surface area (Å²) in [5.74, 6) is 0.650. The molecule has 1 aromatic heterocycles. The summed E-state index contributed by atoms with van der Waals surface area (Å²) < 4.78 is 32.9. The van der Waals surface area contributed by atoms with Crippen molar-refractivity contribution in [2.75, 3.05) is 13.2 Å². The highest BCUT2D eigenvalue weighted by atomic mass is 35.5. The third-order valence-electron chi connectivity index (χ3n) is 4.07. The molecule has 0 fully saturated rings. The molecule has 2 aromatic carbocycles. The fourth-order valence-electron chi connectivity index (χ4n) is 2.64. The molecule has 0 aliphatic heterocycles. The van der Waals surface area contributed by atoms with E-state index in [4.69, 9.17) is 16.3 Å². The fraction of sp³-hybridized carbons (Fsp3) is 0.250. The Balaban J connectivity index is 1.63. The molecule has 0 unspecified atom stereocenters. The average Bonchev–Trinajstić information content (AvgIpc) is 3.04. The predicted molar refractivity (Wildman–Crippen MR) is 114 cm³/mol. The van der Waals surface area contributed by atoms with Crippen molar-refractivity contribution in [2.45, 2.75) is 25.2 Å². The molecule has 0 saturated carbocycles. The monoisotopic (exact) mass is 436 g/mol. The molecule has 1 heterocycles. The van der Waals surface area contributed by atoms with E-state index in [2.05, 4.69) is 9.71 Å². The highest BCUT2D eigenvalue weighted by Crippen LogP contribution is 2.29. The summed E-state index contributed by atoms with van der Waals surface area (Å²) in [4.78, 5) is 5.87. The number of hydrogen-bond donors (Lipinski definition) is 1. The number of sulfonamides is 1. The van der Waals surface area contributed by atoms with Crippen molar-refractivity contribution >= 4 is 33.0 Å². The minimum Gasteiger partial charge on any atom is -0.494 e. The maximum Gasteiger partial charge on any atom is 0.240 e. The Morgan fingerprint density at radius 2 is 1.79 bits per heavy atom. The summed E-state index contributed by atoms with van der Waals surface area (Å²) in [5, 5.41) is 1.58. The number of aryl methyl sites for hydroxylation is 1. The number of benzene rings is 2. The lowest BCUT2D eigenvalue weighted by molar-refractivity contribution is 0.340. The molecule has 28 heavy (non-hydrogen) atoms. The van der Waals surface area contributed by atoms with Crippen LogP contribution in [0.3, 0.4) is 0 Å². The second-order valence-corrected chi connectivity index (χ2v) is 9.37. The van der Waals surface area contributed by atoms with Gasteiger partial charge in [-0.15, -0.1) is 11.3 Å². The van der Waals surface area contributed by atoms with Gasteiger partial charge in [0.15, 0.2) is 0 Å². The number of hydrogen-bond acceptors (Lipinski definition) is 5. The molecule has 0 atom stereocenters. The molecule has 148 valence electrons. The van der Waals surface area contributed by atoms with Gasteiger partial charge in [-0.25, -0.2) is 18.1 Å². The van der Waals surface area contributed by atoms with Crippen LogP contribution in [-0.2, 0) is 16.4 Å². The molecule has 0 bridgehead atoms. The van der Waals surface area contributed by atoms with Crippen molar-refractivity contribution in [3.63, 3.8) is 0 Å². The Bertz CT molecular complexity index is 1030.